The first-order valence-electron chi connectivity index (χ1n) is 6.42. The molecule has 0 amide bonds. The Morgan fingerprint density at radius 3 is 2.45 bits per heavy atom. The highest BCUT2D eigenvalue weighted by Gasteiger charge is 2.03. The molecule has 0 radical (unpaired) electrons. The lowest BCUT2D eigenvalue weighted by Gasteiger charge is -2.03. The van der Waals surface area contributed by atoms with Crippen LogP contribution in [0.15, 0.2) is 59.7 Å². The van der Waals surface area contributed by atoms with E-state index >= 15 is 0 Å². The van der Waals surface area contributed by atoms with Crippen LogP contribution in [0, 0.1) is 18.8 Å². The molecule has 0 heterocycles. The maximum absolute atomic E-state index is 8.64. The maximum atomic E-state index is 8.64. The summed E-state index contributed by atoms with van der Waals surface area (Å²) >= 11 is 0. The molecule has 0 spiro atoms. The van der Waals surface area contributed by atoms with Crippen molar-refractivity contribution in [1.29, 1.82) is 0 Å². The van der Waals surface area contributed by atoms with Crippen molar-refractivity contribution in [1.82, 2.24) is 0 Å². The first-order chi connectivity index (χ1) is 9.79. The van der Waals surface area contributed by atoms with Gasteiger partial charge in [0, 0.05) is 11.3 Å². The fourth-order valence-electron chi connectivity index (χ4n) is 1.82. The molecular weight excluding hydrogens is 246 g/mol. The Morgan fingerprint density at radius 2 is 1.80 bits per heavy atom. The number of aryl methyl sites for hydroxylation is 1. The van der Waals surface area contributed by atoms with Gasteiger partial charge >= 0.3 is 0 Å². The zero-order chi connectivity index (χ0) is 14.2. The quantitative estimate of drug-likeness (QED) is 0.336. The summed E-state index contributed by atoms with van der Waals surface area (Å²) in [4.78, 5) is 2.87. The summed E-state index contributed by atoms with van der Waals surface area (Å²) in [6, 6.07) is 17.4. The number of hydrogen-bond donors (Lipinski definition) is 0. The van der Waals surface area contributed by atoms with Crippen molar-refractivity contribution < 1.29 is 0 Å². The van der Waals surface area contributed by atoms with Crippen LogP contribution in [0.1, 0.15) is 22.7 Å². The Bertz CT molecular complexity index is 657. The van der Waals surface area contributed by atoms with Crippen LogP contribution in [0.5, 0.6) is 0 Å². The van der Waals surface area contributed by atoms with E-state index in [9.17, 15) is 0 Å². The largest absolute Gasteiger partial charge is 0.124 e. The minimum absolute atomic E-state index is 0.424. The van der Waals surface area contributed by atoms with Crippen LogP contribution < -0.4 is 0 Å². The van der Waals surface area contributed by atoms with Crippen LogP contribution in [0.4, 0.5) is 0 Å². The first-order valence-corrected chi connectivity index (χ1v) is 6.42. The van der Waals surface area contributed by atoms with Crippen LogP contribution in [-0.4, -0.2) is 0 Å². The Morgan fingerprint density at radius 1 is 1.10 bits per heavy atom. The zero-order valence-corrected chi connectivity index (χ0v) is 11.3. The molecule has 1 unspecified atom stereocenters. The van der Waals surface area contributed by atoms with Crippen molar-refractivity contribution >= 4 is 0 Å². The molecule has 1 atom stereocenters. The number of hydrogen-bond acceptors (Lipinski definition) is 1. The Kier molecular flexibility index (Phi) is 4.83. The van der Waals surface area contributed by atoms with E-state index in [4.69, 9.17) is 5.53 Å². The molecule has 20 heavy (non-hydrogen) atoms. The number of azide groups is 1. The standard InChI is InChI=1S/C17H15N3/c1-14-10-12-15(13-11-14)6-5-9-17(19-20-18)16-7-3-2-4-8-16/h2-4,7-8,10-13,17H,6H2,1H3. The van der Waals surface area contributed by atoms with Gasteiger partial charge in [0.1, 0.15) is 6.04 Å². The monoisotopic (exact) mass is 261 g/mol. The smallest absolute Gasteiger partial charge is 0.0978 e. The topological polar surface area (TPSA) is 48.8 Å². The molecule has 3 nitrogen and oxygen atoms in total. The van der Waals surface area contributed by atoms with Gasteiger partial charge < -0.3 is 0 Å². The van der Waals surface area contributed by atoms with Gasteiger partial charge in [-0.3, -0.25) is 0 Å². The zero-order valence-electron chi connectivity index (χ0n) is 11.3. The average molecular weight is 261 g/mol. The second-order valence-corrected chi connectivity index (χ2v) is 4.50. The fourth-order valence-corrected chi connectivity index (χ4v) is 1.82. The summed E-state index contributed by atoms with van der Waals surface area (Å²) in [6.45, 7) is 2.06. The second kappa shape index (κ2) is 7.04. The minimum atomic E-state index is -0.424. The lowest BCUT2D eigenvalue weighted by atomic mass is 10.1. The Labute approximate surface area is 118 Å². The molecule has 0 aromatic heterocycles. The van der Waals surface area contributed by atoms with E-state index in [1.165, 1.54) is 5.56 Å². The lowest BCUT2D eigenvalue weighted by molar-refractivity contribution is 0.927. The molecule has 0 saturated carbocycles. The molecule has 0 aliphatic rings. The number of benzene rings is 2. The van der Waals surface area contributed by atoms with Crippen molar-refractivity contribution in [2.45, 2.75) is 19.4 Å². The minimum Gasteiger partial charge on any atom is -0.0978 e. The van der Waals surface area contributed by atoms with Crippen molar-refractivity contribution in [2.24, 2.45) is 5.11 Å². The fraction of sp³-hybridized carbons (Fsp3) is 0.176. The third-order valence-corrected chi connectivity index (χ3v) is 2.93. The molecule has 2 rings (SSSR count). The molecule has 0 aliphatic heterocycles. The van der Waals surface area contributed by atoms with Crippen LogP contribution >= 0.6 is 0 Å². The average Bonchev–Trinajstić information content (AvgIpc) is 2.49. The molecule has 2 aromatic rings. The van der Waals surface area contributed by atoms with Crippen molar-refractivity contribution in [3.05, 3.63) is 81.7 Å². The van der Waals surface area contributed by atoms with Gasteiger partial charge in [-0.2, -0.15) is 0 Å². The van der Waals surface area contributed by atoms with Crippen molar-refractivity contribution in [3.63, 3.8) is 0 Å². The van der Waals surface area contributed by atoms with Crippen LogP contribution in [0.25, 0.3) is 10.4 Å². The van der Waals surface area contributed by atoms with E-state index in [1.807, 2.05) is 30.3 Å². The SMILES string of the molecule is Cc1ccc(CC#CC(N=[N+]=[N-])c2ccccc2)cc1. The van der Waals surface area contributed by atoms with Gasteiger partial charge in [0.15, 0.2) is 0 Å². The molecule has 0 aliphatic carbocycles. The van der Waals surface area contributed by atoms with Gasteiger partial charge in [0.25, 0.3) is 0 Å². The van der Waals surface area contributed by atoms with Gasteiger partial charge in [-0.05, 0) is 23.6 Å². The number of rotatable bonds is 3. The molecule has 2 aromatic carbocycles. The highest BCUT2D eigenvalue weighted by molar-refractivity contribution is 5.30. The molecule has 3 heteroatoms. The van der Waals surface area contributed by atoms with Gasteiger partial charge in [-0.25, -0.2) is 0 Å². The van der Waals surface area contributed by atoms with Crippen molar-refractivity contribution in [3.8, 4) is 11.8 Å². The van der Waals surface area contributed by atoms with E-state index < -0.39 is 6.04 Å². The van der Waals surface area contributed by atoms with Gasteiger partial charge in [0.05, 0.1) is 0 Å². The van der Waals surface area contributed by atoms with Gasteiger partial charge in [0.2, 0.25) is 0 Å². The lowest BCUT2D eigenvalue weighted by Crippen LogP contribution is -1.90. The Hall–Kier alpha value is -2.69. The summed E-state index contributed by atoms with van der Waals surface area (Å²) < 4.78 is 0. The van der Waals surface area contributed by atoms with Gasteiger partial charge in [-0.1, -0.05) is 77.1 Å². The van der Waals surface area contributed by atoms with E-state index in [1.54, 1.807) is 0 Å². The predicted molar refractivity (Wildman–Crippen MR) is 81.0 cm³/mol. The summed E-state index contributed by atoms with van der Waals surface area (Å²) in [6.07, 6.45) is 0.657. The van der Waals surface area contributed by atoms with Gasteiger partial charge in [-0.15, -0.1) is 0 Å². The van der Waals surface area contributed by atoms with E-state index in [0.717, 1.165) is 11.1 Å². The van der Waals surface area contributed by atoms with E-state index in [0.29, 0.717) is 6.42 Å². The summed E-state index contributed by atoms with van der Waals surface area (Å²) in [7, 11) is 0. The highest BCUT2D eigenvalue weighted by Crippen LogP contribution is 2.16. The van der Waals surface area contributed by atoms with E-state index in [2.05, 4.69) is 53.1 Å². The molecule has 0 N–H and O–H groups in total. The maximum Gasteiger partial charge on any atom is 0.124 e. The number of nitrogens with zero attached hydrogens (tertiary/aromatic N) is 3. The molecule has 0 bridgehead atoms. The third kappa shape index (κ3) is 3.91. The van der Waals surface area contributed by atoms with Crippen molar-refractivity contribution in [2.75, 3.05) is 0 Å². The molecule has 0 fully saturated rings. The van der Waals surface area contributed by atoms with E-state index in [-0.39, 0.29) is 0 Å². The summed E-state index contributed by atoms with van der Waals surface area (Å²) in [5, 5.41) is 3.75. The van der Waals surface area contributed by atoms with Crippen LogP contribution in [-0.2, 0) is 6.42 Å². The molecule has 0 saturated heterocycles. The van der Waals surface area contributed by atoms with Crippen LogP contribution in [0.3, 0.4) is 0 Å². The molecule has 98 valence electrons. The summed E-state index contributed by atoms with van der Waals surface area (Å²) in [5.74, 6) is 6.12. The first kappa shape index (κ1) is 13.7. The normalized spacial score (nSPS) is 10.8. The highest BCUT2D eigenvalue weighted by atomic mass is 15.1. The van der Waals surface area contributed by atoms with Crippen LogP contribution in [0.2, 0.25) is 0 Å². The third-order valence-electron chi connectivity index (χ3n) is 2.93. The summed E-state index contributed by atoms with van der Waals surface area (Å²) in [5.41, 5.74) is 12.0. The predicted octanol–water partition coefficient (Wildman–Crippen LogP) is 4.59. The Balaban J connectivity index is 2.12. The second-order valence-electron chi connectivity index (χ2n) is 4.50. The molecular formula is C17H15N3.